The lowest BCUT2D eigenvalue weighted by atomic mass is 9.72. The van der Waals surface area contributed by atoms with Gasteiger partial charge in [0.2, 0.25) is 11.0 Å². The number of carbonyl (C=O) groups excluding carboxylic acids is 1. The molecule has 1 aliphatic rings. The molecule has 10 heteroatoms. The van der Waals surface area contributed by atoms with Crippen LogP contribution in [0.4, 0.5) is 5.13 Å². The van der Waals surface area contributed by atoms with Crippen LogP contribution in [-0.2, 0) is 24.2 Å². The smallest absolute Gasteiger partial charge is 0.279 e. The van der Waals surface area contributed by atoms with E-state index in [0.29, 0.717) is 21.3 Å². The normalized spacial score (nSPS) is 16.8. The number of rotatable bonds is 4. The third-order valence-electron chi connectivity index (χ3n) is 5.64. The van der Waals surface area contributed by atoms with Crippen LogP contribution in [0.3, 0.4) is 0 Å². The number of anilines is 1. The van der Waals surface area contributed by atoms with Gasteiger partial charge in [0.15, 0.2) is 4.83 Å². The van der Waals surface area contributed by atoms with E-state index in [2.05, 4.69) is 46.6 Å². The van der Waals surface area contributed by atoms with Gasteiger partial charge in [-0.2, -0.15) is 0 Å². The minimum absolute atomic E-state index is 0.201. The third kappa shape index (κ3) is 4.02. The van der Waals surface area contributed by atoms with Crippen LogP contribution in [0.1, 0.15) is 62.4 Å². The van der Waals surface area contributed by atoms with Crippen LogP contribution in [0, 0.1) is 11.3 Å². The van der Waals surface area contributed by atoms with Crippen LogP contribution in [0.5, 0.6) is 0 Å². The molecule has 160 valence electrons. The molecule has 0 aliphatic heterocycles. The molecule has 1 N–H and O–H groups in total. The van der Waals surface area contributed by atoms with Gasteiger partial charge in [-0.05, 0) is 36.2 Å². The number of aryl methyl sites for hydroxylation is 1. The van der Waals surface area contributed by atoms with E-state index in [0.717, 1.165) is 34.5 Å². The number of nitrogens with one attached hydrogen (secondary N) is 1. The highest BCUT2D eigenvalue weighted by Gasteiger charge is 2.32. The van der Waals surface area contributed by atoms with Gasteiger partial charge in [-0.15, -0.1) is 26.6 Å². The van der Waals surface area contributed by atoms with Crippen LogP contribution in [0.15, 0.2) is 4.79 Å². The van der Waals surface area contributed by atoms with E-state index in [4.69, 9.17) is 0 Å². The molecule has 1 unspecified atom stereocenters. The number of nitrogens with zero attached hydrogens (tertiary/aromatic N) is 5. The number of fused-ring (bicyclic) bond motifs is 3. The molecule has 1 amide bonds. The summed E-state index contributed by atoms with van der Waals surface area (Å²) in [6.07, 6.45) is 2.89. The van der Waals surface area contributed by atoms with Gasteiger partial charge in [0.25, 0.3) is 5.56 Å². The summed E-state index contributed by atoms with van der Waals surface area (Å²) >= 11 is 2.90. The lowest BCUT2D eigenvalue weighted by Crippen LogP contribution is -2.31. The van der Waals surface area contributed by atoms with Gasteiger partial charge in [0.1, 0.15) is 11.6 Å². The van der Waals surface area contributed by atoms with Gasteiger partial charge in [-0.25, -0.2) is 4.68 Å². The first-order valence-corrected chi connectivity index (χ1v) is 11.8. The summed E-state index contributed by atoms with van der Waals surface area (Å²) in [7, 11) is 0. The number of hydrogen-bond acceptors (Lipinski definition) is 8. The third-order valence-corrected chi connectivity index (χ3v) is 7.92. The quantitative estimate of drug-likeness (QED) is 0.657. The minimum atomic E-state index is -0.367. The Morgan fingerprint density at radius 2 is 2.00 bits per heavy atom. The molecule has 0 spiro atoms. The maximum Gasteiger partial charge on any atom is 0.279 e. The summed E-state index contributed by atoms with van der Waals surface area (Å²) < 4.78 is 1.14. The SMILES string of the molecule is CC(C)c1nnc(NC(=O)Cn2nnc3sc4c(c3c2=O)CCC(C(C)(C)C)C4)s1. The molecule has 3 heterocycles. The summed E-state index contributed by atoms with van der Waals surface area (Å²) in [6, 6.07) is 0. The van der Waals surface area contributed by atoms with Crippen LogP contribution in [0.25, 0.3) is 10.2 Å². The van der Waals surface area contributed by atoms with Crippen LogP contribution >= 0.6 is 22.7 Å². The van der Waals surface area contributed by atoms with Crippen molar-refractivity contribution in [2.75, 3.05) is 5.32 Å². The number of carbonyl (C=O) groups is 1. The summed E-state index contributed by atoms with van der Waals surface area (Å²) in [4.78, 5) is 27.4. The van der Waals surface area contributed by atoms with E-state index in [-0.39, 0.29) is 29.3 Å². The van der Waals surface area contributed by atoms with E-state index in [1.165, 1.54) is 16.2 Å². The Labute approximate surface area is 182 Å². The topological polar surface area (TPSA) is 103 Å². The summed E-state index contributed by atoms with van der Waals surface area (Å²) in [6.45, 7) is 10.6. The first kappa shape index (κ1) is 21.0. The molecular formula is C20H26N6O2S2. The van der Waals surface area contributed by atoms with E-state index in [9.17, 15) is 9.59 Å². The zero-order valence-corrected chi connectivity index (χ0v) is 19.5. The fourth-order valence-electron chi connectivity index (χ4n) is 3.78. The average Bonchev–Trinajstić information content (AvgIpc) is 3.27. The Kier molecular flexibility index (Phi) is 5.48. The van der Waals surface area contributed by atoms with Crippen LogP contribution in [0.2, 0.25) is 0 Å². The summed E-state index contributed by atoms with van der Waals surface area (Å²) in [5.74, 6) is 0.461. The molecule has 3 aromatic heterocycles. The molecule has 0 radical (unpaired) electrons. The second-order valence-corrected chi connectivity index (χ2v) is 11.3. The first-order chi connectivity index (χ1) is 14.1. The average molecular weight is 447 g/mol. The number of thiophene rings is 1. The van der Waals surface area contributed by atoms with E-state index >= 15 is 0 Å². The minimum Gasteiger partial charge on any atom is -0.299 e. The highest BCUT2D eigenvalue weighted by molar-refractivity contribution is 7.18. The molecule has 4 rings (SSSR count). The predicted molar refractivity (Wildman–Crippen MR) is 119 cm³/mol. The lowest BCUT2D eigenvalue weighted by molar-refractivity contribution is -0.117. The molecule has 1 aliphatic carbocycles. The number of aromatic nitrogens is 5. The molecule has 0 aromatic carbocycles. The standard InChI is InChI=1S/C20H26N6O2S2/c1-10(2)16-22-24-19(30-16)21-14(27)9-26-18(28)15-12-7-6-11(20(3,4)5)8-13(12)29-17(15)23-25-26/h10-11H,6-9H2,1-5H3,(H,21,24,27). The Hall–Kier alpha value is -2.20. The van der Waals surface area contributed by atoms with E-state index in [1.54, 1.807) is 11.3 Å². The summed E-state index contributed by atoms with van der Waals surface area (Å²) in [5, 5.41) is 20.9. The molecule has 0 saturated heterocycles. The van der Waals surface area contributed by atoms with Gasteiger partial charge < -0.3 is 0 Å². The van der Waals surface area contributed by atoms with E-state index < -0.39 is 0 Å². The van der Waals surface area contributed by atoms with Gasteiger partial charge in [-0.1, -0.05) is 51.2 Å². The summed E-state index contributed by atoms with van der Waals surface area (Å²) in [5.41, 5.74) is 1.08. The van der Waals surface area contributed by atoms with Crippen LogP contribution in [-0.4, -0.2) is 31.1 Å². The van der Waals surface area contributed by atoms with Gasteiger partial charge in [-0.3, -0.25) is 14.9 Å². The Balaban J connectivity index is 1.56. The van der Waals surface area contributed by atoms with Crippen molar-refractivity contribution in [3.05, 3.63) is 25.8 Å². The van der Waals surface area contributed by atoms with Crippen molar-refractivity contribution >= 4 is 43.9 Å². The lowest BCUT2D eigenvalue weighted by Gasteiger charge is -2.33. The maximum atomic E-state index is 13.1. The van der Waals surface area contributed by atoms with Crippen molar-refractivity contribution in [2.45, 2.75) is 66.3 Å². The fraction of sp³-hybridized carbons (Fsp3) is 0.600. The zero-order chi connectivity index (χ0) is 21.6. The molecule has 8 nitrogen and oxygen atoms in total. The molecule has 0 fully saturated rings. The molecular weight excluding hydrogens is 420 g/mol. The molecule has 0 saturated carbocycles. The largest absolute Gasteiger partial charge is 0.299 e. The second kappa shape index (κ2) is 7.81. The van der Waals surface area contributed by atoms with Crippen LogP contribution < -0.4 is 10.9 Å². The maximum absolute atomic E-state index is 13.1. The number of amides is 1. The predicted octanol–water partition coefficient (Wildman–Crippen LogP) is 3.62. The fourth-order valence-corrected chi connectivity index (χ4v) is 5.78. The first-order valence-electron chi connectivity index (χ1n) is 10.1. The molecule has 1 atom stereocenters. The van der Waals surface area contributed by atoms with Crippen molar-refractivity contribution in [3.63, 3.8) is 0 Å². The van der Waals surface area contributed by atoms with Crippen molar-refractivity contribution in [1.82, 2.24) is 25.2 Å². The van der Waals surface area contributed by atoms with Crippen molar-refractivity contribution in [1.29, 1.82) is 0 Å². The second-order valence-electron chi connectivity index (χ2n) is 9.19. The molecule has 3 aromatic rings. The Morgan fingerprint density at radius 3 is 2.67 bits per heavy atom. The zero-order valence-electron chi connectivity index (χ0n) is 17.9. The van der Waals surface area contributed by atoms with Gasteiger partial charge in [0.05, 0.1) is 5.39 Å². The van der Waals surface area contributed by atoms with Gasteiger partial charge >= 0.3 is 0 Å². The highest BCUT2D eigenvalue weighted by Crippen LogP contribution is 2.41. The highest BCUT2D eigenvalue weighted by atomic mass is 32.1. The monoisotopic (exact) mass is 446 g/mol. The Bertz CT molecular complexity index is 1150. The van der Waals surface area contributed by atoms with Crippen molar-refractivity contribution in [2.24, 2.45) is 11.3 Å². The molecule has 0 bridgehead atoms. The van der Waals surface area contributed by atoms with E-state index in [1.807, 2.05) is 13.8 Å². The number of hydrogen-bond donors (Lipinski definition) is 1. The Morgan fingerprint density at radius 1 is 1.23 bits per heavy atom. The van der Waals surface area contributed by atoms with Gasteiger partial charge in [0, 0.05) is 10.8 Å². The molecule has 30 heavy (non-hydrogen) atoms. The van der Waals surface area contributed by atoms with Crippen molar-refractivity contribution < 1.29 is 4.79 Å². The van der Waals surface area contributed by atoms with Crippen molar-refractivity contribution in [3.8, 4) is 0 Å².